The average molecular weight is 326 g/mol. The molecule has 2 rings (SSSR count). The maximum Gasteiger partial charge on any atom is 0.419 e. The van der Waals surface area contributed by atoms with Crippen molar-refractivity contribution in [1.82, 2.24) is 0 Å². The monoisotopic (exact) mass is 326 g/mol. The van der Waals surface area contributed by atoms with Crippen LogP contribution < -0.4 is 0 Å². The number of alkyl halides is 3. The Morgan fingerprint density at radius 3 is 2.13 bits per heavy atom. The summed E-state index contributed by atoms with van der Waals surface area (Å²) < 4.78 is 53.1. The third-order valence-electron chi connectivity index (χ3n) is 3.85. The number of benzene rings is 2. The van der Waals surface area contributed by atoms with Gasteiger partial charge in [0.2, 0.25) is 0 Å². The lowest BCUT2D eigenvalue weighted by Gasteiger charge is -2.15. The van der Waals surface area contributed by atoms with Crippen LogP contribution in [0.15, 0.2) is 36.4 Å². The molecule has 2 aromatic carbocycles. The van der Waals surface area contributed by atoms with Crippen molar-refractivity contribution < 1.29 is 22.7 Å². The number of hydrogen-bond acceptors (Lipinski definition) is 1. The summed E-state index contributed by atoms with van der Waals surface area (Å²) in [5, 5.41) is 9.44. The molecule has 0 aliphatic rings. The predicted molar refractivity (Wildman–Crippen MR) is 80.6 cm³/mol. The van der Waals surface area contributed by atoms with Crippen molar-refractivity contribution >= 4 is 0 Å². The second kappa shape index (κ2) is 6.71. The van der Waals surface area contributed by atoms with Crippen molar-refractivity contribution in [3.63, 3.8) is 0 Å². The number of rotatable bonds is 4. The molecule has 2 aromatic rings. The Morgan fingerprint density at radius 1 is 1.00 bits per heavy atom. The summed E-state index contributed by atoms with van der Waals surface area (Å²) in [4.78, 5) is 0. The quantitative estimate of drug-likeness (QED) is 0.785. The van der Waals surface area contributed by atoms with Crippen LogP contribution in [0.5, 0.6) is 0 Å². The molecule has 0 fully saturated rings. The fourth-order valence-corrected chi connectivity index (χ4v) is 2.48. The second-order valence-electron chi connectivity index (χ2n) is 5.65. The minimum atomic E-state index is -4.71. The van der Waals surface area contributed by atoms with Gasteiger partial charge in [-0.3, -0.25) is 0 Å². The van der Waals surface area contributed by atoms with Crippen LogP contribution in [-0.2, 0) is 19.0 Å². The van der Waals surface area contributed by atoms with Crippen LogP contribution in [0.1, 0.15) is 40.8 Å². The van der Waals surface area contributed by atoms with Gasteiger partial charge in [0.25, 0.3) is 0 Å². The van der Waals surface area contributed by atoms with E-state index in [0.29, 0.717) is 6.42 Å². The molecule has 0 heterocycles. The van der Waals surface area contributed by atoms with Crippen molar-refractivity contribution in [3.05, 3.63) is 70.0 Å². The zero-order chi connectivity index (χ0) is 17.2. The number of halogens is 4. The fourth-order valence-electron chi connectivity index (χ4n) is 2.48. The van der Waals surface area contributed by atoms with Crippen LogP contribution in [-0.4, -0.2) is 5.11 Å². The zero-order valence-corrected chi connectivity index (χ0v) is 12.9. The van der Waals surface area contributed by atoms with Crippen molar-refractivity contribution in [1.29, 1.82) is 0 Å². The Balaban J connectivity index is 2.22. The van der Waals surface area contributed by atoms with Gasteiger partial charge in [0.1, 0.15) is 5.82 Å². The minimum Gasteiger partial charge on any atom is -0.389 e. The highest BCUT2D eigenvalue weighted by Gasteiger charge is 2.37. The van der Waals surface area contributed by atoms with Gasteiger partial charge in [0.15, 0.2) is 0 Å². The van der Waals surface area contributed by atoms with Crippen LogP contribution in [0, 0.1) is 12.7 Å². The fraction of sp³-hybridized carbons (Fsp3) is 0.333. The molecule has 0 radical (unpaired) electrons. The lowest BCUT2D eigenvalue weighted by Crippen LogP contribution is -2.14. The van der Waals surface area contributed by atoms with Gasteiger partial charge in [0, 0.05) is 0 Å². The van der Waals surface area contributed by atoms with E-state index in [1.165, 1.54) is 19.1 Å². The van der Waals surface area contributed by atoms with E-state index >= 15 is 0 Å². The van der Waals surface area contributed by atoms with Crippen molar-refractivity contribution in [2.75, 3.05) is 0 Å². The van der Waals surface area contributed by atoms with E-state index in [-0.39, 0.29) is 17.5 Å². The molecule has 0 aromatic heterocycles. The second-order valence-corrected chi connectivity index (χ2v) is 5.65. The Labute approximate surface area is 132 Å². The lowest BCUT2D eigenvalue weighted by atomic mass is 9.96. The standard InChI is InChI=1S/C18H18F4O/c1-11-3-7-15(16(17(11)19)18(20,21)22)10-6-13-4-8-14(9-5-13)12(2)23/h3-5,7-9,12,23H,6,10H2,1-2H3. The predicted octanol–water partition coefficient (Wildman–Crippen LogP) is 4.99. The highest BCUT2D eigenvalue weighted by molar-refractivity contribution is 5.36. The first-order valence-corrected chi connectivity index (χ1v) is 7.32. The van der Waals surface area contributed by atoms with Crippen LogP contribution >= 0.6 is 0 Å². The van der Waals surface area contributed by atoms with Gasteiger partial charge in [-0.2, -0.15) is 13.2 Å². The third-order valence-corrected chi connectivity index (χ3v) is 3.85. The first kappa shape index (κ1) is 17.5. The average Bonchev–Trinajstić information content (AvgIpc) is 2.47. The molecule has 1 unspecified atom stereocenters. The van der Waals surface area contributed by atoms with Crippen molar-refractivity contribution in [2.45, 2.75) is 39.0 Å². The number of aliphatic hydroxyl groups excluding tert-OH is 1. The SMILES string of the molecule is Cc1ccc(CCc2ccc(C(C)O)cc2)c(C(F)(F)F)c1F. The number of aryl methyl sites for hydroxylation is 3. The number of hydrogen-bond donors (Lipinski definition) is 1. The molecule has 124 valence electrons. The summed E-state index contributed by atoms with van der Waals surface area (Å²) >= 11 is 0. The van der Waals surface area contributed by atoms with Gasteiger partial charge in [0.05, 0.1) is 11.7 Å². The number of aliphatic hydroxyl groups is 1. The first-order valence-electron chi connectivity index (χ1n) is 7.32. The molecular formula is C18H18F4O. The van der Waals surface area contributed by atoms with Crippen LogP contribution in [0.25, 0.3) is 0 Å². The molecule has 0 aliphatic carbocycles. The molecule has 23 heavy (non-hydrogen) atoms. The largest absolute Gasteiger partial charge is 0.419 e. The molecule has 0 aliphatic heterocycles. The molecule has 5 heteroatoms. The van der Waals surface area contributed by atoms with Crippen LogP contribution in [0.2, 0.25) is 0 Å². The molecule has 0 spiro atoms. The summed E-state index contributed by atoms with van der Waals surface area (Å²) in [5.41, 5.74) is 0.357. The first-order chi connectivity index (χ1) is 10.7. The van der Waals surface area contributed by atoms with Crippen LogP contribution in [0.4, 0.5) is 17.6 Å². The molecule has 0 bridgehead atoms. The molecule has 1 nitrogen and oxygen atoms in total. The zero-order valence-electron chi connectivity index (χ0n) is 12.9. The third kappa shape index (κ3) is 4.10. The summed E-state index contributed by atoms with van der Waals surface area (Å²) in [7, 11) is 0. The molecule has 1 N–H and O–H groups in total. The Kier molecular flexibility index (Phi) is 5.09. The molecule has 0 amide bonds. The van der Waals surface area contributed by atoms with Gasteiger partial charge in [-0.1, -0.05) is 36.4 Å². The lowest BCUT2D eigenvalue weighted by molar-refractivity contribution is -0.140. The topological polar surface area (TPSA) is 20.2 Å². The van der Waals surface area contributed by atoms with Gasteiger partial charge in [-0.15, -0.1) is 0 Å². The van der Waals surface area contributed by atoms with Gasteiger partial charge >= 0.3 is 6.18 Å². The molecule has 0 saturated heterocycles. The van der Waals surface area contributed by atoms with Gasteiger partial charge in [-0.05, 0) is 48.9 Å². The minimum absolute atomic E-state index is 0.0117. The maximum atomic E-state index is 13.9. The van der Waals surface area contributed by atoms with E-state index in [0.717, 1.165) is 11.1 Å². The summed E-state index contributed by atoms with van der Waals surface area (Å²) in [6.45, 7) is 2.96. The van der Waals surface area contributed by atoms with E-state index < -0.39 is 23.7 Å². The molecule has 1 atom stereocenters. The van der Waals surface area contributed by atoms with E-state index in [2.05, 4.69) is 0 Å². The smallest absolute Gasteiger partial charge is 0.389 e. The van der Waals surface area contributed by atoms with E-state index in [1.807, 2.05) is 0 Å². The molecular weight excluding hydrogens is 308 g/mol. The maximum absolute atomic E-state index is 13.9. The van der Waals surface area contributed by atoms with E-state index in [4.69, 9.17) is 0 Å². The summed E-state index contributed by atoms with van der Waals surface area (Å²) in [6.07, 6.45) is -4.83. The molecule has 0 saturated carbocycles. The van der Waals surface area contributed by atoms with E-state index in [9.17, 15) is 22.7 Å². The summed E-state index contributed by atoms with van der Waals surface area (Å²) in [6, 6.07) is 9.71. The van der Waals surface area contributed by atoms with Gasteiger partial charge in [-0.25, -0.2) is 4.39 Å². The summed E-state index contributed by atoms with van der Waals surface area (Å²) in [5.74, 6) is -1.19. The van der Waals surface area contributed by atoms with Crippen molar-refractivity contribution in [2.24, 2.45) is 0 Å². The van der Waals surface area contributed by atoms with Gasteiger partial charge < -0.3 is 5.11 Å². The van der Waals surface area contributed by atoms with E-state index in [1.54, 1.807) is 31.2 Å². The Hall–Kier alpha value is -1.88. The highest BCUT2D eigenvalue weighted by atomic mass is 19.4. The van der Waals surface area contributed by atoms with Crippen molar-refractivity contribution in [3.8, 4) is 0 Å². The normalized spacial score (nSPS) is 13.2. The Morgan fingerprint density at radius 2 is 1.61 bits per heavy atom. The highest BCUT2D eigenvalue weighted by Crippen LogP contribution is 2.35. The van der Waals surface area contributed by atoms with Crippen LogP contribution in [0.3, 0.4) is 0 Å². The Bertz CT molecular complexity index is 673.